The lowest BCUT2D eigenvalue weighted by Gasteiger charge is -2.12. The molecule has 0 saturated carbocycles. The number of nitrogens with one attached hydrogen (secondary N) is 2. The lowest BCUT2D eigenvalue weighted by molar-refractivity contribution is 0.102. The number of anilines is 2. The van der Waals surface area contributed by atoms with Gasteiger partial charge < -0.3 is 10.6 Å². The molecule has 0 bridgehead atoms. The average molecular weight is 334 g/mol. The van der Waals surface area contributed by atoms with Crippen LogP contribution in [0, 0.1) is 6.92 Å². The quantitative estimate of drug-likeness (QED) is 0.893. The highest BCUT2D eigenvalue weighted by molar-refractivity contribution is 9.10. The highest BCUT2D eigenvalue weighted by Crippen LogP contribution is 2.22. The Morgan fingerprint density at radius 2 is 2.15 bits per heavy atom. The molecule has 0 atom stereocenters. The van der Waals surface area contributed by atoms with Crippen molar-refractivity contribution in [3.05, 3.63) is 52.1 Å². The van der Waals surface area contributed by atoms with Gasteiger partial charge in [-0.15, -0.1) is 0 Å². The fourth-order valence-corrected chi connectivity index (χ4v) is 2.20. The number of hydrogen-bond donors (Lipinski definition) is 2. The van der Waals surface area contributed by atoms with E-state index in [2.05, 4.69) is 31.5 Å². The molecule has 1 aromatic heterocycles. The first-order valence-electron chi connectivity index (χ1n) is 6.38. The summed E-state index contributed by atoms with van der Waals surface area (Å²) in [4.78, 5) is 16.5. The zero-order chi connectivity index (χ0) is 14.5. The van der Waals surface area contributed by atoms with E-state index in [1.165, 1.54) is 0 Å². The van der Waals surface area contributed by atoms with Gasteiger partial charge in [-0.25, -0.2) is 4.98 Å². The summed E-state index contributed by atoms with van der Waals surface area (Å²) in [5.41, 5.74) is 2.48. The molecule has 2 rings (SSSR count). The summed E-state index contributed by atoms with van der Waals surface area (Å²) in [7, 11) is 0. The van der Waals surface area contributed by atoms with Gasteiger partial charge in [-0.2, -0.15) is 0 Å². The van der Waals surface area contributed by atoms with E-state index in [4.69, 9.17) is 0 Å². The summed E-state index contributed by atoms with van der Waals surface area (Å²) in [5, 5.41) is 6.01. The van der Waals surface area contributed by atoms with Crippen LogP contribution in [0.25, 0.3) is 0 Å². The maximum Gasteiger partial charge on any atom is 0.258 e. The number of aromatic nitrogens is 1. The minimum absolute atomic E-state index is 0.177. The first-order valence-corrected chi connectivity index (χ1v) is 7.17. The number of rotatable bonds is 4. The molecule has 0 aliphatic carbocycles. The van der Waals surface area contributed by atoms with Crippen molar-refractivity contribution in [2.24, 2.45) is 0 Å². The summed E-state index contributed by atoms with van der Waals surface area (Å²) in [6.07, 6.45) is 1.64. The van der Waals surface area contributed by atoms with E-state index in [9.17, 15) is 4.79 Å². The lowest BCUT2D eigenvalue weighted by Crippen LogP contribution is -2.16. The number of halogens is 1. The van der Waals surface area contributed by atoms with Gasteiger partial charge in [0.05, 0.1) is 10.0 Å². The van der Waals surface area contributed by atoms with Crippen LogP contribution in [-0.4, -0.2) is 17.4 Å². The monoisotopic (exact) mass is 333 g/mol. The van der Waals surface area contributed by atoms with Crippen molar-refractivity contribution in [3.63, 3.8) is 0 Å². The molecule has 0 saturated heterocycles. The van der Waals surface area contributed by atoms with Crippen molar-refractivity contribution >= 4 is 33.3 Å². The van der Waals surface area contributed by atoms with Crippen molar-refractivity contribution in [2.45, 2.75) is 13.8 Å². The molecule has 4 nitrogen and oxygen atoms in total. The van der Waals surface area contributed by atoms with Crippen LogP contribution in [-0.2, 0) is 0 Å². The van der Waals surface area contributed by atoms with Crippen LogP contribution in [0.3, 0.4) is 0 Å². The number of benzene rings is 1. The molecule has 1 amide bonds. The normalized spacial score (nSPS) is 10.2. The molecule has 104 valence electrons. The van der Waals surface area contributed by atoms with Crippen LogP contribution in [0.2, 0.25) is 0 Å². The molecule has 0 fully saturated rings. The van der Waals surface area contributed by atoms with Crippen LogP contribution in [0.4, 0.5) is 11.5 Å². The number of hydrogen-bond acceptors (Lipinski definition) is 3. The molecular weight excluding hydrogens is 318 g/mol. The van der Waals surface area contributed by atoms with Crippen molar-refractivity contribution in [2.75, 3.05) is 17.2 Å². The van der Waals surface area contributed by atoms with E-state index in [0.29, 0.717) is 11.4 Å². The van der Waals surface area contributed by atoms with Gasteiger partial charge in [0.2, 0.25) is 0 Å². The summed E-state index contributed by atoms with van der Waals surface area (Å²) in [6.45, 7) is 4.72. The van der Waals surface area contributed by atoms with Crippen molar-refractivity contribution < 1.29 is 4.79 Å². The van der Waals surface area contributed by atoms with Gasteiger partial charge in [0.25, 0.3) is 5.91 Å². The van der Waals surface area contributed by atoms with Gasteiger partial charge in [0.1, 0.15) is 5.82 Å². The second kappa shape index (κ2) is 6.52. The fraction of sp³-hybridized carbons (Fsp3) is 0.200. The first-order chi connectivity index (χ1) is 9.61. The van der Waals surface area contributed by atoms with Gasteiger partial charge in [-0.05, 0) is 54.0 Å². The predicted molar refractivity (Wildman–Crippen MR) is 85.2 cm³/mol. The second-order valence-corrected chi connectivity index (χ2v) is 5.22. The van der Waals surface area contributed by atoms with E-state index in [1.54, 1.807) is 12.3 Å². The molecule has 1 aromatic carbocycles. The number of aryl methyl sites for hydroxylation is 1. The van der Waals surface area contributed by atoms with E-state index >= 15 is 0 Å². The van der Waals surface area contributed by atoms with Crippen LogP contribution < -0.4 is 10.6 Å². The minimum atomic E-state index is -0.177. The Hall–Kier alpha value is -1.88. The van der Waals surface area contributed by atoms with Gasteiger partial charge in [0, 0.05) is 18.4 Å². The third-order valence-electron chi connectivity index (χ3n) is 2.78. The number of amides is 1. The Morgan fingerprint density at radius 3 is 2.85 bits per heavy atom. The maximum absolute atomic E-state index is 12.4. The van der Waals surface area contributed by atoms with Crippen LogP contribution in [0.1, 0.15) is 22.8 Å². The van der Waals surface area contributed by atoms with Crippen molar-refractivity contribution in [1.29, 1.82) is 0 Å². The Balaban J connectivity index is 2.29. The predicted octanol–water partition coefficient (Wildman–Crippen LogP) is 3.84. The fourth-order valence-electron chi connectivity index (χ4n) is 1.84. The first kappa shape index (κ1) is 14.5. The number of carbonyl (C=O) groups is 1. The molecule has 0 radical (unpaired) electrons. The molecule has 0 aliphatic heterocycles. The summed E-state index contributed by atoms with van der Waals surface area (Å²) < 4.78 is 0.756. The van der Waals surface area contributed by atoms with Crippen molar-refractivity contribution in [3.8, 4) is 0 Å². The van der Waals surface area contributed by atoms with E-state index in [-0.39, 0.29) is 5.91 Å². The Kier molecular flexibility index (Phi) is 4.74. The molecule has 20 heavy (non-hydrogen) atoms. The molecule has 5 heteroatoms. The molecule has 2 aromatic rings. The third-order valence-corrected chi connectivity index (χ3v) is 3.42. The van der Waals surface area contributed by atoms with Gasteiger partial charge >= 0.3 is 0 Å². The number of carbonyl (C=O) groups excluding carboxylic acids is 1. The molecular formula is C15H16BrN3O. The van der Waals surface area contributed by atoms with E-state index < -0.39 is 0 Å². The Morgan fingerprint density at radius 1 is 1.35 bits per heavy atom. The molecule has 1 heterocycles. The highest BCUT2D eigenvalue weighted by Gasteiger charge is 2.13. The molecule has 0 unspecified atom stereocenters. The highest BCUT2D eigenvalue weighted by atomic mass is 79.9. The molecule has 0 spiro atoms. The molecule has 2 N–H and O–H groups in total. The Bertz CT molecular complexity index is 628. The zero-order valence-corrected chi connectivity index (χ0v) is 13.0. The maximum atomic E-state index is 12.4. The summed E-state index contributed by atoms with van der Waals surface area (Å²) >= 11 is 3.37. The minimum Gasteiger partial charge on any atom is -0.385 e. The SMILES string of the molecule is CCNc1ccc(C)cc1C(=O)Nc1ncccc1Br. The van der Waals surface area contributed by atoms with Gasteiger partial charge in [-0.3, -0.25) is 4.79 Å². The summed E-state index contributed by atoms with van der Waals surface area (Å²) in [6, 6.07) is 9.40. The topological polar surface area (TPSA) is 54.0 Å². The van der Waals surface area contributed by atoms with Crippen molar-refractivity contribution in [1.82, 2.24) is 4.98 Å². The van der Waals surface area contributed by atoms with Gasteiger partial charge in [-0.1, -0.05) is 11.6 Å². The smallest absolute Gasteiger partial charge is 0.258 e. The lowest BCUT2D eigenvalue weighted by atomic mass is 10.1. The third kappa shape index (κ3) is 3.36. The van der Waals surface area contributed by atoms with E-state index in [0.717, 1.165) is 22.3 Å². The van der Waals surface area contributed by atoms with Gasteiger partial charge in [0.15, 0.2) is 0 Å². The van der Waals surface area contributed by atoms with Crippen LogP contribution in [0.15, 0.2) is 41.0 Å². The average Bonchev–Trinajstić information content (AvgIpc) is 2.43. The standard InChI is InChI=1S/C15H16BrN3O/c1-3-17-13-7-6-10(2)9-11(13)15(20)19-14-12(16)5-4-8-18-14/h4-9,17H,3H2,1-2H3,(H,18,19,20). The number of nitrogens with zero attached hydrogens (tertiary/aromatic N) is 1. The van der Waals surface area contributed by atoms with Crippen LogP contribution >= 0.6 is 15.9 Å². The second-order valence-electron chi connectivity index (χ2n) is 4.37. The van der Waals surface area contributed by atoms with E-state index in [1.807, 2.05) is 38.1 Å². The summed E-state index contributed by atoms with van der Waals surface area (Å²) in [5.74, 6) is 0.338. The largest absolute Gasteiger partial charge is 0.385 e. The Labute approximate surface area is 126 Å². The number of pyridine rings is 1. The zero-order valence-electron chi connectivity index (χ0n) is 11.4. The van der Waals surface area contributed by atoms with Crippen LogP contribution in [0.5, 0.6) is 0 Å². The molecule has 0 aliphatic rings.